The Labute approximate surface area is 204 Å². The van der Waals surface area contributed by atoms with Gasteiger partial charge in [-0.15, -0.1) is 10.2 Å². The average molecular weight is 524 g/mol. The highest BCUT2D eigenvalue weighted by Gasteiger charge is 2.29. The van der Waals surface area contributed by atoms with Crippen LogP contribution in [0.5, 0.6) is 0 Å². The van der Waals surface area contributed by atoms with Gasteiger partial charge in [-0.25, -0.2) is 12.8 Å². The Bertz CT molecular complexity index is 1280. The number of benzene rings is 2. The number of aryl methyl sites for hydroxylation is 1. The maximum atomic E-state index is 13.8. The lowest BCUT2D eigenvalue weighted by atomic mass is 10.2. The van der Waals surface area contributed by atoms with Crippen LogP contribution in [-0.4, -0.2) is 60.9 Å². The third-order valence-corrected chi connectivity index (χ3v) is 8.76. The van der Waals surface area contributed by atoms with Gasteiger partial charge in [-0.3, -0.25) is 4.79 Å². The summed E-state index contributed by atoms with van der Waals surface area (Å²) in [5.74, 6) is -0.794. The number of thioether (sulfide) groups is 1. The van der Waals surface area contributed by atoms with Crippen LogP contribution in [0.1, 0.15) is 5.56 Å². The van der Waals surface area contributed by atoms with E-state index in [-0.39, 0.29) is 41.0 Å². The van der Waals surface area contributed by atoms with Crippen molar-refractivity contribution < 1.29 is 22.3 Å². The molecule has 0 aliphatic carbocycles. The number of ether oxygens (including phenoxy) is 1. The van der Waals surface area contributed by atoms with Crippen molar-refractivity contribution in [2.75, 3.05) is 42.7 Å². The molecule has 1 aliphatic heterocycles. The standard InChI is InChI=1S/C21H22FN5O4S3/c1-14-6-7-17(18(12-14)34(29,30)27-8-10-31-11-9-27)23-19(28)13-32-21-26-25-20(33-21)24-16-5-3-2-4-15(16)22/h2-7,12H,8-11,13H2,1H3,(H,23,28)(H,24,25). The number of halogens is 1. The Morgan fingerprint density at radius 1 is 1.18 bits per heavy atom. The molecule has 0 unspecified atom stereocenters. The van der Waals surface area contributed by atoms with E-state index in [4.69, 9.17) is 4.74 Å². The number of hydrogen-bond donors (Lipinski definition) is 2. The molecule has 9 nitrogen and oxygen atoms in total. The number of hydrogen-bond acceptors (Lipinski definition) is 9. The largest absolute Gasteiger partial charge is 0.379 e. The zero-order valence-corrected chi connectivity index (χ0v) is 20.6. The van der Waals surface area contributed by atoms with Crippen LogP contribution in [0.15, 0.2) is 51.7 Å². The predicted octanol–water partition coefficient (Wildman–Crippen LogP) is 3.48. The van der Waals surface area contributed by atoms with Gasteiger partial charge in [-0.1, -0.05) is 41.3 Å². The summed E-state index contributed by atoms with van der Waals surface area (Å²) in [5.41, 5.74) is 1.27. The van der Waals surface area contributed by atoms with Gasteiger partial charge in [0, 0.05) is 13.1 Å². The van der Waals surface area contributed by atoms with Crippen LogP contribution >= 0.6 is 23.1 Å². The summed E-state index contributed by atoms with van der Waals surface area (Å²) in [7, 11) is -3.79. The number of anilines is 3. The Morgan fingerprint density at radius 2 is 1.94 bits per heavy atom. The molecule has 0 radical (unpaired) electrons. The minimum Gasteiger partial charge on any atom is -0.379 e. The Hall–Kier alpha value is -2.58. The molecule has 0 saturated carbocycles. The molecule has 0 spiro atoms. The normalized spacial score (nSPS) is 14.6. The van der Waals surface area contributed by atoms with Crippen molar-refractivity contribution in [2.24, 2.45) is 0 Å². The maximum absolute atomic E-state index is 13.8. The summed E-state index contributed by atoms with van der Waals surface area (Å²) in [6.07, 6.45) is 0. The summed E-state index contributed by atoms with van der Waals surface area (Å²) in [6, 6.07) is 11.1. The van der Waals surface area contributed by atoms with Crippen LogP contribution in [0.3, 0.4) is 0 Å². The summed E-state index contributed by atoms with van der Waals surface area (Å²) < 4.78 is 47.2. The van der Waals surface area contributed by atoms with Crippen LogP contribution < -0.4 is 10.6 Å². The van der Waals surface area contributed by atoms with E-state index in [0.29, 0.717) is 22.7 Å². The topological polar surface area (TPSA) is 114 Å². The summed E-state index contributed by atoms with van der Waals surface area (Å²) >= 11 is 2.33. The van der Waals surface area contributed by atoms with E-state index < -0.39 is 15.8 Å². The lowest BCUT2D eigenvalue weighted by Crippen LogP contribution is -2.41. The number of amides is 1. The molecule has 1 saturated heterocycles. The second-order valence-corrected chi connectivity index (χ2v) is 11.4. The first-order valence-corrected chi connectivity index (χ1v) is 13.5. The minimum absolute atomic E-state index is 0.000744. The third kappa shape index (κ3) is 5.91. The molecule has 3 aromatic rings. The second-order valence-electron chi connectivity index (χ2n) is 7.33. The van der Waals surface area contributed by atoms with E-state index in [2.05, 4.69) is 20.8 Å². The fraction of sp³-hybridized carbons (Fsp3) is 0.286. The molecule has 4 rings (SSSR count). The summed E-state index contributed by atoms with van der Waals surface area (Å²) in [5, 5.41) is 13.9. The number of nitrogens with one attached hydrogen (secondary N) is 2. The zero-order chi connectivity index (χ0) is 24.1. The molecule has 0 atom stereocenters. The van der Waals surface area contributed by atoms with Crippen molar-refractivity contribution in [3.05, 3.63) is 53.8 Å². The number of morpholine rings is 1. The highest BCUT2D eigenvalue weighted by Crippen LogP contribution is 2.30. The van der Waals surface area contributed by atoms with Gasteiger partial charge >= 0.3 is 0 Å². The number of aromatic nitrogens is 2. The number of carbonyl (C=O) groups is 1. The van der Waals surface area contributed by atoms with E-state index >= 15 is 0 Å². The van der Waals surface area contributed by atoms with Crippen molar-refractivity contribution >= 4 is 55.5 Å². The van der Waals surface area contributed by atoms with Gasteiger partial charge in [0.05, 0.1) is 30.3 Å². The zero-order valence-electron chi connectivity index (χ0n) is 18.2. The van der Waals surface area contributed by atoms with E-state index in [1.165, 1.54) is 21.7 Å². The molecule has 1 fully saturated rings. The number of carbonyl (C=O) groups excluding carboxylic acids is 1. The first-order chi connectivity index (χ1) is 16.3. The van der Waals surface area contributed by atoms with Gasteiger partial charge < -0.3 is 15.4 Å². The van der Waals surface area contributed by atoms with Gasteiger partial charge in [0.2, 0.25) is 21.1 Å². The van der Waals surface area contributed by atoms with Crippen LogP contribution in [-0.2, 0) is 19.6 Å². The lowest BCUT2D eigenvalue weighted by molar-refractivity contribution is -0.113. The highest BCUT2D eigenvalue weighted by atomic mass is 32.2. The third-order valence-electron chi connectivity index (χ3n) is 4.85. The summed E-state index contributed by atoms with van der Waals surface area (Å²) in [6.45, 7) is 2.99. The molecule has 34 heavy (non-hydrogen) atoms. The van der Waals surface area contributed by atoms with Crippen LogP contribution in [0.2, 0.25) is 0 Å². The monoisotopic (exact) mass is 523 g/mol. The smallest absolute Gasteiger partial charge is 0.245 e. The van der Waals surface area contributed by atoms with Gasteiger partial charge in [0.25, 0.3) is 0 Å². The van der Waals surface area contributed by atoms with E-state index in [0.717, 1.165) is 17.3 Å². The number of nitrogens with zero attached hydrogens (tertiary/aromatic N) is 3. The van der Waals surface area contributed by atoms with Crippen molar-refractivity contribution in [1.29, 1.82) is 0 Å². The van der Waals surface area contributed by atoms with Gasteiger partial charge in [-0.05, 0) is 36.8 Å². The molecule has 0 bridgehead atoms. The van der Waals surface area contributed by atoms with Crippen LogP contribution in [0.25, 0.3) is 0 Å². The molecular weight excluding hydrogens is 501 g/mol. The van der Waals surface area contributed by atoms with Crippen molar-refractivity contribution in [3.63, 3.8) is 0 Å². The number of para-hydroxylation sites is 1. The minimum atomic E-state index is -3.79. The van der Waals surface area contributed by atoms with Gasteiger partial charge in [0.1, 0.15) is 10.7 Å². The molecule has 2 aromatic carbocycles. The van der Waals surface area contributed by atoms with Crippen molar-refractivity contribution in [3.8, 4) is 0 Å². The first-order valence-electron chi connectivity index (χ1n) is 10.3. The molecule has 1 aliphatic rings. The number of sulfonamides is 1. The van der Waals surface area contributed by atoms with E-state index in [1.807, 2.05) is 0 Å². The molecule has 180 valence electrons. The Balaban J connectivity index is 1.40. The first kappa shape index (κ1) is 24.5. The average Bonchev–Trinajstić information content (AvgIpc) is 3.28. The van der Waals surface area contributed by atoms with Gasteiger partial charge in [0.15, 0.2) is 4.34 Å². The summed E-state index contributed by atoms with van der Waals surface area (Å²) in [4.78, 5) is 12.7. The second kappa shape index (κ2) is 10.8. The van der Waals surface area contributed by atoms with Crippen LogP contribution in [0.4, 0.5) is 20.9 Å². The fourth-order valence-corrected chi connectivity index (χ4v) is 6.39. The molecule has 2 heterocycles. The molecule has 13 heteroatoms. The van der Waals surface area contributed by atoms with E-state index in [1.54, 1.807) is 43.3 Å². The molecule has 2 N–H and O–H groups in total. The molecule has 1 amide bonds. The maximum Gasteiger partial charge on any atom is 0.245 e. The Morgan fingerprint density at radius 3 is 2.71 bits per heavy atom. The highest BCUT2D eigenvalue weighted by molar-refractivity contribution is 8.01. The lowest BCUT2D eigenvalue weighted by Gasteiger charge is -2.27. The fourth-order valence-electron chi connectivity index (χ4n) is 3.18. The van der Waals surface area contributed by atoms with Crippen molar-refractivity contribution in [1.82, 2.24) is 14.5 Å². The predicted molar refractivity (Wildman–Crippen MR) is 130 cm³/mol. The molecular formula is C21H22FN5O4S3. The van der Waals surface area contributed by atoms with Crippen molar-refractivity contribution in [2.45, 2.75) is 16.2 Å². The van der Waals surface area contributed by atoms with Gasteiger partial charge in [-0.2, -0.15) is 4.31 Å². The SMILES string of the molecule is Cc1ccc(NC(=O)CSc2nnc(Nc3ccccc3F)s2)c(S(=O)(=O)N2CCOCC2)c1. The quantitative estimate of drug-likeness (QED) is 0.432. The molecule has 1 aromatic heterocycles. The van der Waals surface area contributed by atoms with Crippen LogP contribution in [0, 0.1) is 12.7 Å². The number of rotatable bonds is 8. The van der Waals surface area contributed by atoms with E-state index in [9.17, 15) is 17.6 Å². The Kier molecular flexibility index (Phi) is 7.78.